The minimum absolute atomic E-state index is 0.262. The Hall–Kier alpha value is -2.30. The normalized spacial score (nSPS) is 10.4. The quantitative estimate of drug-likeness (QED) is 0.648. The number of aromatic carboxylic acids is 1. The maximum Gasteiger partial charge on any atom is 0.339 e. The first kappa shape index (κ1) is 10.8. The molecule has 0 amide bonds. The Morgan fingerprint density at radius 2 is 1.87 bits per heavy atom. The van der Waals surface area contributed by atoms with Gasteiger partial charge in [-0.2, -0.15) is 0 Å². The van der Waals surface area contributed by atoms with Crippen LogP contribution in [0.1, 0.15) is 15.9 Å². The minimum Gasteiger partial charge on any atom is -0.507 e. The van der Waals surface area contributed by atoms with E-state index in [1.165, 1.54) is 24.3 Å². The van der Waals surface area contributed by atoms with Crippen LogP contribution in [0.4, 0.5) is 0 Å². The van der Waals surface area contributed by atoms with Gasteiger partial charge in [-0.05, 0) is 23.8 Å². The van der Waals surface area contributed by atoms with Gasteiger partial charge in [0.25, 0.3) is 0 Å². The molecule has 3 N–H and O–H groups in total. The summed E-state index contributed by atoms with van der Waals surface area (Å²) in [6.45, 7) is 0. The van der Waals surface area contributed by atoms with E-state index in [-0.39, 0.29) is 11.3 Å². The Labute approximate surface area is 84.9 Å². The standard InChI is InChI=1S/C10H8O5/c11-8-3-1-6(2-4-9(12)13)5-7(8)10(14)15/h1-5,11H,(H,12,13)(H,14,15)/b4-2+. The average Bonchev–Trinajstić information content (AvgIpc) is 2.16. The average molecular weight is 208 g/mol. The Bertz CT molecular complexity index is 433. The molecule has 5 heteroatoms. The molecular weight excluding hydrogens is 200 g/mol. The zero-order valence-corrected chi connectivity index (χ0v) is 7.54. The molecule has 0 spiro atoms. The van der Waals surface area contributed by atoms with Crippen molar-refractivity contribution in [3.8, 4) is 5.75 Å². The summed E-state index contributed by atoms with van der Waals surface area (Å²) in [5, 5.41) is 26.2. The van der Waals surface area contributed by atoms with Crippen molar-refractivity contribution in [1.29, 1.82) is 0 Å². The largest absolute Gasteiger partial charge is 0.507 e. The molecule has 1 rings (SSSR count). The van der Waals surface area contributed by atoms with Crippen LogP contribution in [0.25, 0.3) is 6.08 Å². The lowest BCUT2D eigenvalue weighted by Gasteiger charge is -2.00. The van der Waals surface area contributed by atoms with Crippen LogP contribution in [0.5, 0.6) is 5.75 Å². The van der Waals surface area contributed by atoms with Crippen LogP contribution in [0.3, 0.4) is 0 Å². The van der Waals surface area contributed by atoms with Crippen LogP contribution in [-0.4, -0.2) is 27.3 Å². The molecule has 0 aliphatic heterocycles. The summed E-state index contributed by atoms with van der Waals surface area (Å²) in [7, 11) is 0. The van der Waals surface area contributed by atoms with Gasteiger partial charge in [0.1, 0.15) is 11.3 Å². The summed E-state index contributed by atoms with van der Waals surface area (Å²) in [6.07, 6.45) is 2.13. The second-order valence-corrected chi connectivity index (χ2v) is 2.75. The van der Waals surface area contributed by atoms with E-state index >= 15 is 0 Å². The number of hydrogen-bond donors (Lipinski definition) is 3. The smallest absolute Gasteiger partial charge is 0.339 e. The van der Waals surface area contributed by atoms with Crippen molar-refractivity contribution in [3.05, 3.63) is 35.4 Å². The first-order chi connectivity index (χ1) is 7.00. The predicted octanol–water partition coefficient (Wildman–Crippen LogP) is 1.19. The van der Waals surface area contributed by atoms with Gasteiger partial charge < -0.3 is 15.3 Å². The molecule has 0 heterocycles. The third kappa shape index (κ3) is 2.84. The third-order valence-electron chi connectivity index (χ3n) is 1.67. The maximum atomic E-state index is 10.6. The number of benzene rings is 1. The molecular formula is C10H8O5. The van der Waals surface area contributed by atoms with E-state index in [4.69, 9.17) is 15.3 Å². The highest BCUT2D eigenvalue weighted by molar-refractivity contribution is 5.92. The van der Waals surface area contributed by atoms with Gasteiger partial charge in [0.2, 0.25) is 0 Å². The fourth-order valence-electron chi connectivity index (χ4n) is 0.996. The van der Waals surface area contributed by atoms with Gasteiger partial charge in [-0.1, -0.05) is 6.07 Å². The lowest BCUT2D eigenvalue weighted by molar-refractivity contribution is -0.131. The fraction of sp³-hybridized carbons (Fsp3) is 0. The predicted molar refractivity (Wildman–Crippen MR) is 51.7 cm³/mol. The van der Waals surface area contributed by atoms with Crippen molar-refractivity contribution in [3.63, 3.8) is 0 Å². The summed E-state index contributed by atoms with van der Waals surface area (Å²) < 4.78 is 0. The van der Waals surface area contributed by atoms with Crippen molar-refractivity contribution < 1.29 is 24.9 Å². The summed E-state index contributed by atoms with van der Waals surface area (Å²) in [5.74, 6) is -2.74. The SMILES string of the molecule is O=C(O)/C=C/c1ccc(O)c(C(=O)O)c1. The molecule has 0 saturated carbocycles. The van der Waals surface area contributed by atoms with Crippen molar-refractivity contribution in [1.82, 2.24) is 0 Å². The lowest BCUT2D eigenvalue weighted by Crippen LogP contribution is -1.97. The van der Waals surface area contributed by atoms with E-state index in [1.54, 1.807) is 0 Å². The number of phenols is 1. The van der Waals surface area contributed by atoms with E-state index in [0.29, 0.717) is 5.56 Å². The molecule has 5 nitrogen and oxygen atoms in total. The molecule has 0 aromatic heterocycles. The molecule has 1 aromatic carbocycles. The maximum absolute atomic E-state index is 10.6. The first-order valence-electron chi connectivity index (χ1n) is 3.98. The number of carboxylic acids is 2. The van der Waals surface area contributed by atoms with E-state index in [1.807, 2.05) is 0 Å². The monoisotopic (exact) mass is 208 g/mol. The summed E-state index contributed by atoms with van der Waals surface area (Å²) in [4.78, 5) is 20.8. The molecule has 1 aromatic rings. The Morgan fingerprint density at radius 1 is 1.20 bits per heavy atom. The number of carboxylic acid groups (broad SMARTS) is 2. The van der Waals surface area contributed by atoms with Gasteiger partial charge in [0.15, 0.2) is 0 Å². The minimum atomic E-state index is -1.27. The molecule has 15 heavy (non-hydrogen) atoms. The zero-order valence-electron chi connectivity index (χ0n) is 7.54. The van der Waals surface area contributed by atoms with E-state index in [0.717, 1.165) is 6.08 Å². The number of aliphatic carboxylic acids is 1. The van der Waals surface area contributed by atoms with Crippen molar-refractivity contribution in [2.24, 2.45) is 0 Å². The molecule has 0 atom stereocenters. The summed E-state index contributed by atoms with van der Waals surface area (Å²) >= 11 is 0. The van der Waals surface area contributed by atoms with Crippen molar-refractivity contribution in [2.75, 3.05) is 0 Å². The van der Waals surface area contributed by atoms with Crippen LogP contribution < -0.4 is 0 Å². The summed E-state index contributed by atoms with van der Waals surface area (Å²) in [6, 6.07) is 3.81. The number of hydrogen-bond acceptors (Lipinski definition) is 3. The first-order valence-corrected chi connectivity index (χ1v) is 3.98. The van der Waals surface area contributed by atoms with Gasteiger partial charge in [0, 0.05) is 6.08 Å². The second-order valence-electron chi connectivity index (χ2n) is 2.75. The highest BCUT2D eigenvalue weighted by Gasteiger charge is 2.08. The second kappa shape index (κ2) is 4.28. The topological polar surface area (TPSA) is 94.8 Å². The van der Waals surface area contributed by atoms with Gasteiger partial charge in [0.05, 0.1) is 0 Å². The van der Waals surface area contributed by atoms with Crippen LogP contribution in [0.2, 0.25) is 0 Å². The van der Waals surface area contributed by atoms with Crippen LogP contribution in [0.15, 0.2) is 24.3 Å². The Balaban J connectivity index is 3.08. The van der Waals surface area contributed by atoms with Crippen LogP contribution in [0, 0.1) is 0 Å². The Kier molecular flexibility index (Phi) is 3.07. The number of carbonyl (C=O) groups is 2. The number of aromatic hydroxyl groups is 1. The molecule has 0 bridgehead atoms. The van der Waals surface area contributed by atoms with Gasteiger partial charge in [-0.15, -0.1) is 0 Å². The molecule has 0 aliphatic rings. The zero-order chi connectivity index (χ0) is 11.4. The molecule has 0 saturated heterocycles. The van der Waals surface area contributed by atoms with Crippen molar-refractivity contribution >= 4 is 18.0 Å². The van der Waals surface area contributed by atoms with Gasteiger partial charge in [-0.3, -0.25) is 0 Å². The molecule has 78 valence electrons. The highest BCUT2D eigenvalue weighted by Crippen LogP contribution is 2.19. The molecule has 0 aliphatic carbocycles. The molecule has 0 unspecified atom stereocenters. The van der Waals surface area contributed by atoms with E-state index in [9.17, 15) is 9.59 Å². The van der Waals surface area contributed by atoms with E-state index < -0.39 is 11.9 Å². The summed E-state index contributed by atoms with van der Waals surface area (Å²) in [5.41, 5.74) is 0.134. The third-order valence-corrected chi connectivity index (χ3v) is 1.67. The molecule has 0 fully saturated rings. The van der Waals surface area contributed by atoms with Crippen LogP contribution >= 0.6 is 0 Å². The lowest BCUT2D eigenvalue weighted by atomic mass is 10.1. The van der Waals surface area contributed by atoms with E-state index in [2.05, 4.69) is 0 Å². The Morgan fingerprint density at radius 3 is 2.40 bits per heavy atom. The molecule has 0 radical (unpaired) electrons. The fourth-order valence-corrected chi connectivity index (χ4v) is 0.996. The van der Waals surface area contributed by atoms with Crippen molar-refractivity contribution in [2.45, 2.75) is 0 Å². The van der Waals surface area contributed by atoms with Gasteiger partial charge >= 0.3 is 11.9 Å². The number of rotatable bonds is 3. The van der Waals surface area contributed by atoms with Crippen LogP contribution in [-0.2, 0) is 4.79 Å². The van der Waals surface area contributed by atoms with Gasteiger partial charge in [-0.25, -0.2) is 9.59 Å². The highest BCUT2D eigenvalue weighted by atomic mass is 16.4.